The number of ether oxygens (including phenoxy) is 2. The van der Waals surface area contributed by atoms with Gasteiger partial charge in [-0.25, -0.2) is 9.78 Å². The van der Waals surface area contributed by atoms with E-state index in [1.807, 2.05) is 49.4 Å². The van der Waals surface area contributed by atoms with E-state index in [0.717, 1.165) is 11.3 Å². The Hall–Kier alpha value is -3.93. The number of esters is 1. The van der Waals surface area contributed by atoms with Gasteiger partial charge in [-0.2, -0.15) is 0 Å². The van der Waals surface area contributed by atoms with Gasteiger partial charge in [0.15, 0.2) is 0 Å². The second kappa shape index (κ2) is 8.61. The van der Waals surface area contributed by atoms with Crippen molar-refractivity contribution in [2.75, 3.05) is 0 Å². The van der Waals surface area contributed by atoms with Crippen LogP contribution in [0.3, 0.4) is 0 Å². The SMILES string of the molecule is Cc1cccc2nc(COC(=O)c3cccc(OCc4ccccc4)c3)cc(=O)n12. The Kier molecular flexibility index (Phi) is 5.57. The van der Waals surface area contributed by atoms with Crippen LogP contribution in [0, 0.1) is 6.92 Å². The van der Waals surface area contributed by atoms with E-state index in [1.165, 1.54) is 10.5 Å². The van der Waals surface area contributed by atoms with Gasteiger partial charge in [0.2, 0.25) is 0 Å². The van der Waals surface area contributed by atoms with Gasteiger partial charge in [-0.1, -0.05) is 42.5 Å². The van der Waals surface area contributed by atoms with E-state index < -0.39 is 5.97 Å². The molecule has 0 fully saturated rings. The van der Waals surface area contributed by atoms with Crippen molar-refractivity contribution in [1.29, 1.82) is 0 Å². The molecule has 2 heterocycles. The predicted octanol–water partition coefficient (Wildman–Crippen LogP) is 3.94. The lowest BCUT2D eigenvalue weighted by Gasteiger charge is -2.09. The number of benzene rings is 2. The average Bonchev–Trinajstić information content (AvgIpc) is 2.77. The molecule has 30 heavy (non-hydrogen) atoms. The molecule has 0 bridgehead atoms. The van der Waals surface area contributed by atoms with Crippen molar-refractivity contribution in [3.8, 4) is 5.75 Å². The third-order valence-corrected chi connectivity index (χ3v) is 4.60. The maximum atomic E-state index is 12.5. The minimum atomic E-state index is -0.508. The summed E-state index contributed by atoms with van der Waals surface area (Å²) in [6, 6.07) is 23.4. The fourth-order valence-electron chi connectivity index (χ4n) is 3.11. The summed E-state index contributed by atoms with van der Waals surface area (Å²) in [6.07, 6.45) is 0. The molecule has 0 radical (unpaired) electrons. The van der Waals surface area contributed by atoms with Crippen LogP contribution >= 0.6 is 0 Å². The second-order valence-corrected chi connectivity index (χ2v) is 6.82. The van der Waals surface area contributed by atoms with Crippen LogP contribution in [0.4, 0.5) is 0 Å². The molecule has 0 aliphatic heterocycles. The van der Waals surface area contributed by atoms with Gasteiger partial charge < -0.3 is 9.47 Å². The van der Waals surface area contributed by atoms with Crippen LogP contribution in [0.2, 0.25) is 0 Å². The monoisotopic (exact) mass is 400 g/mol. The van der Waals surface area contributed by atoms with Gasteiger partial charge in [0.1, 0.15) is 24.6 Å². The maximum absolute atomic E-state index is 12.5. The molecule has 6 heteroatoms. The zero-order valence-electron chi connectivity index (χ0n) is 16.4. The molecule has 0 amide bonds. The summed E-state index contributed by atoms with van der Waals surface area (Å²) in [5.41, 5.74) is 2.91. The van der Waals surface area contributed by atoms with Crippen LogP contribution in [-0.2, 0) is 18.0 Å². The molecule has 0 saturated carbocycles. The quantitative estimate of drug-likeness (QED) is 0.459. The van der Waals surface area contributed by atoms with Gasteiger partial charge in [-0.3, -0.25) is 9.20 Å². The van der Waals surface area contributed by atoms with Gasteiger partial charge in [-0.05, 0) is 42.8 Å². The largest absolute Gasteiger partial charge is 0.489 e. The number of aryl methyl sites for hydroxylation is 1. The van der Waals surface area contributed by atoms with Crippen molar-refractivity contribution < 1.29 is 14.3 Å². The van der Waals surface area contributed by atoms with Crippen molar-refractivity contribution in [3.05, 3.63) is 112 Å². The number of carbonyl (C=O) groups excluding carboxylic acids is 1. The summed E-state index contributed by atoms with van der Waals surface area (Å²) in [4.78, 5) is 29.2. The third kappa shape index (κ3) is 4.38. The van der Waals surface area contributed by atoms with Crippen LogP contribution in [0.5, 0.6) is 5.75 Å². The highest BCUT2D eigenvalue weighted by Crippen LogP contribution is 2.16. The Morgan fingerprint density at radius 1 is 0.933 bits per heavy atom. The molecule has 0 N–H and O–H groups in total. The molecule has 0 aliphatic carbocycles. The number of nitrogens with zero attached hydrogens (tertiary/aromatic N) is 2. The summed E-state index contributed by atoms with van der Waals surface area (Å²) in [7, 11) is 0. The standard InChI is InChI=1S/C24H20N2O4/c1-17-7-5-12-22-25-20(14-23(27)26(17)22)16-30-24(28)19-10-6-11-21(13-19)29-15-18-8-3-2-4-9-18/h2-14H,15-16H2,1H3. The highest BCUT2D eigenvalue weighted by molar-refractivity contribution is 5.89. The Bertz CT molecular complexity index is 1250. The summed E-state index contributed by atoms with van der Waals surface area (Å²) in [5.74, 6) is 0.0669. The first-order valence-electron chi connectivity index (χ1n) is 9.52. The highest BCUT2D eigenvalue weighted by atomic mass is 16.5. The van der Waals surface area contributed by atoms with E-state index in [9.17, 15) is 9.59 Å². The van der Waals surface area contributed by atoms with Gasteiger partial charge in [0, 0.05) is 11.8 Å². The smallest absolute Gasteiger partial charge is 0.338 e. The number of carbonyl (C=O) groups is 1. The van der Waals surface area contributed by atoms with Gasteiger partial charge in [0.25, 0.3) is 5.56 Å². The molecule has 0 spiro atoms. The average molecular weight is 400 g/mol. The number of hydrogen-bond donors (Lipinski definition) is 0. The predicted molar refractivity (Wildman–Crippen MR) is 113 cm³/mol. The van der Waals surface area contributed by atoms with Crippen molar-refractivity contribution in [2.45, 2.75) is 20.1 Å². The minimum Gasteiger partial charge on any atom is -0.489 e. The van der Waals surface area contributed by atoms with Crippen LogP contribution in [0.25, 0.3) is 5.65 Å². The lowest BCUT2D eigenvalue weighted by atomic mass is 10.2. The van der Waals surface area contributed by atoms with E-state index in [0.29, 0.717) is 29.3 Å². The van der Waals surface area contributed by atoms with Crippen molar-refractivity contribution >= 4 is 11.6 Å². The minimum absolute atomic E-state index is 0.0897. The first-order valence-corrected chi connectivity index (χ1v) is 9.52. The maximum Gasteiger partial charge on any atom is 0.338 e. The molecule has 0 unspecified atom stereocenters. The van der Waals surface area contributed by atoms with Crippen molar-refractivity contribution in [1.82, 2.24) is 9.38 Å². The number of pyridine rings is 1. The van der Waals surface area contributed by atoms with E-state index >= 15 is 0 Å². The van der Waals surface area contributed by atoms with Crippen LogP contribution in [0.15, 0.2) is 83.7 Å². The number of fused-ring (bicyclic) bond motifs is 1. The summed E-state index contributed by atoms with van der Waals surface area (Å²) in [5, 5.41) is 0. The lowest BCUT2D eigenvalue weighted by Crippen LogP contribution is -2.18. The number of hydrogen-bond acceptors (Lipinski definition) is 5. The molecule has 0 atom stereocenters. The first kappa shape index (κ1) is 19.4. The number of rotatable bonds is 6. The molecule has 0 aliphatic rings. The Labute approximate surface area is 173 Å². The molecule has 2 aromatic heterocycles. The van der Waals surface area contributed by atoms with E-state index in [1.54, 1.807) is 30.3 Å². The molecule has 4 aromatic rings. The Morgan fingerprint density at radius 2 is 1.73 bits per heavy atom. The molecular formula is C24H20N2O4. The molecule has 150 valence electrons. The fraction of sp³-hybridized carbons (Fsp3) is 0.125. The van der Waals surface area contributed by atoms with Crippen LogP contribution in [-0.4, -0.2) is 15.4 Å². The first-order chi connectivity index (χ1) is 14.6. The molecule has 4 rings (SSSR count). The van der Waals surface area contributed by atoms with E-state index in [2.05, 4.69) is 4.98 Å². The molecule has 2 aromatic carbocycles. The Morgan fingerprint density at radius 3 is 2.57 bits per heavy atom. The normalized spacial score (nSPS) is 10.7. The van der Waals surface area contributed by atoms with Crippen LogP contribution in [0.1, 0.15) is 27.3 Å². The van der Waals surface area contributed by atoms with Crippen LogP contribution < -0.4 is 10.3 Å². The third-order valence-electron chi connectivity index (χ3n) is 4.60. The van der Waals surface area contributed by atoms with E-state index in [-0.39, 0.29) is 12.2 Å². The van der Waals surface area contributed by atoms with Crippen molar-refractivity contribution in [3.63, 3.8) is 0 Å². The van der Waals surface area contributed by atoms with Crippen molar-refractivity contribution in [2.24, 2.45) is 0 Å². The highest BCUT2D eigenvalue weighted by Gasteiger charge is 2.11. The summed E-state index contributed by atoms with van der Waals surface area (Å²) < 4.78 is 12.6. The fourth-order valence-corrected chi connectivity index (χ4v) is 3.11. The summed E-state index contributed by atoms with van der Waals surface area (Å²) >= 11 is 0. The molecule has 0 saturated heterocycles. The van der Waals surface area contributed by atoms with E-state index in [4.69, 9.17) is 9.47 Å². The Balaban J connectivity index is 1.43. The lowest BCUT2D eigenvalue weighted by molar-refractivity contribution is 0.0467. The topological polar surface area (TPSA) is 69.9 Å². The molecule has 6 nitrogen and oxygen atoms in total. The summed E-state index contributed by atoms with van der Waals surface area (Å²) in [6.45, 7) is 2.15. The van der Waals surface area contributed by atoms with Gasteiger partial charge in [-0.15, -0.1) is 0 Å². The molecular weight excluding hydrogens is 380 g/mol. The van der Waals surface area contributed by atoms with Gasteiger partial charge in [0.05, 0.1) is 11.3 Å². The van der Waals surface area contributed by atoms with Gasteiger partial charge >= 0.3 is 5.97 Å². The zero-order chi connectivity index (χ0) is 20.9. The zero-order valence-corrected chi connectivity index (χ0v) is 16.4. The second-order valence-electron chi connectivity index (χ2n) is 6.82. The number of aromatic nitrogens is 2.